The van der Waals surface area contributed by atoms with E-state index < -0.39 is 17.0 Å². The summed E-state index contributed by atoms with van der Waals surface area (Å²) in [7, 11) is 0. The van der Waals surface area contributed by atoms with Gasteiger partial charge in [-0.2, -0.15) is 0 Å². The van der Waals surface area contributed by atoms with Crippen molar-refractivity contribution in [3.8, 4) is 0 Å². The van der Waals surface area contributed by atoms with Crippen LogP contribution in [0.15, 0.2) is 68.7 Å². The molecule has 0 aliphatic heterocycles. The molecular weight excluding hydrogens is 1060 g/mol. The maximum atomic E-state index is 12.8. The molecule has 1 aliphatic carbocycles. The van der Waals surface area contributed by atoms with Gasteiger partial charge in [-0.1, -0.05) is 71.7 Å². The van der Waals surface area contributed by atoms with Gasteiger partial charge in [0.15, 0.2) is 5.15 Å². The topological polar surface area (TPSA) is 337 Å². The average molecular weight is 1160 g/mol. The molecule has 0 bridgehead atoms. The van der Waals surface area contributed by atoms with Gasteiger partial charge in [0.25, 0.3) is 0 Å². The molecule has 1 aromatic heterocycles. The van der Waals surface area contributed by atoms with E-state index in [0.29, 0.717) is 94.4 Å². The smallest absolute Gasteiger partial charge is 0.351 e. The van der Waals surface area contributed by atoms with Crippen LogP contribution in [0.25, 0.3) is 0 Å². The van der Waals surface area contributed by atoms with E-state index in [1.165, 1.54) is 0 Å². The summed E-state index contributed by atoms with van der Waals surface area (Å²) in [5.41, 5.74) is 3.79. The Morgan fingerprint density at radius 2 is 1.32 bits per heavy atom. The monoisotopic (exact) mass is 1160 g/mol. The number of hydrogen-bond acceptors (Lipinski definition) is 16. The van der Waals surface area contributed by atoms with Gasteiger partial charge in [-0.25, -0.2) is 4.98 Å². The van der Waals surface area contributed by atoms with Crippen molar-refractivity contribution in [1.29, 1.82) is 0 Å². The predicted octanol–water partition coefficient (Wildman–Crippen LogP) is 3.81. The highest BCUT2D eigenvalue weighted by molar-refractivity contribution is 6.30. The summed E-state index contributed by atoms with van der Waals surface area (Å²) in [6.45, 7) is 17.8. The fraction of sp³-hybridized carbons (Fsp3) is 0.643. The van der Waals surface area contributed by atoms with Crippen LogP contribution in [0.4, 0.5) is 0 Å². The number of imidazole rings is 1. The number of halogens is 1. The predicted molar refractivity (Wildman–Crippen MR) is 311 cm³/mol. The first kappa shape index (κ1) is 69.1. The number of aryl methyl sites for hydroxylation is 1. The van der Waals surface area contributed by atoms with E-state index >= 15 is 0 Å². The molecule has 1 unspecified atom stereocenters. The number of ether oxygens (including phenoxy) is 4. The van der Waals surface area contributed by atoms with Crippen LogP contribution in [0.1, 0.15) is 135 Å². The van der Waals surface area contributed by atoms with Gasteiger partial charge in [-0.15, -0.1) is 0 Å². The van der Waals surface area contributed by atoms with E-state index in [1.54, 1.807) is 13.8 Å². The molecule has 81 heavy (non-hydrogen) atoms. The molecule has 4 amide bonds. The molecule has 1 aliphatic rings. The Hall–Kier alpha value is -6.15. The lowest BCUT2D eigenvalue weighted by Gasteiger charge is -2.28. The molecule has 0 spiro atoms. The molecule has 2 aromatic rings. The number of amidine groups is 1. The number of rotatable bonds is 42. The number of benzene rings is 1. The third kappa shape index (κ3) is 27.0. The quantitative estimate of drug-likeness (QED) is 0.00860. The van der Waals surface area contributed by atoms with Crippen LogP contribution < -0.4 is 43.2 Å². The van der Waals surface area contributed by atoms with E-state index in [2.05, 4.69) is 87.3 Å². The third-order valence-corrected chi connectivity index (χ3v) is 14.3. The molecule has 0 radical (unpaired) electrons. The van der Waals surface area contributed by atoms with Crippen molar-refractivity contribution in [2.75, 3.05) is 85.6 Å². The number of nitrogens with one attached hydrogen (secondary N) is 6. The van der Waals surface area contributed by atoms with Crippen LogP contribution in [0.3, 0.4) is 0 Å². The second-order valence-electron chi connectivity index (χ2n) is 20.8. The minimum absolute atomic E-state index is 0.0774. The van der Waals surface area contributed by atoms with E-state index in [9.17, 15) is 29.6 Å². The molecule has 1 heterocycles. The SMILES string of the molecule is CCCCc1nc(Cl)c(CNC(=O)COCC(=O)NCCOCCOCCOCCNC(=O)CCCC(=O)NCCC(CCNC(C)(C)/C(C)=N\O)CCNC(C)(C)/C(C)=N\O)n1CC1=CCC(c2ccccc2C(=[NH2+])N=NN)C=C1. The van der Waals surface area contributed by atoms with Gasteiger partial charge in [0.05, 0.1) is 85.1 Å². The molecular formula is C56H92ClN14O10+. The first-order valence-corrected chi connectivity index (χ1v) is 28.4. The van der Waals surface area contributed by atoms with Crippen LogP contribution in [0.5, 0.6) is 0 Å². The van der Waals surface area contributed by atoms with Crippen LogP contribution in [0, 0.1) is 5.92 Å². The number of carbonyl (C=O) groups excluding carboxylic acids is 4. The third-order valence-electron chi connectivity index (χ3n) is 14.0. The normalized spacial score (nSPS) is 14.1. The van der Waals surface area contributed by atoms with E-state index in [0.717, 1.165) is 67.5 Å². The highest BCUT2D eigenvalue weighted by Gasteiger charge is 2.25. The lowest BCUT2D eigenvalue weighted by Crippen LogP contribution is -2.47. The minimum atomic E-state index is -0.465. The Morgan fingerprint density at radius 3 is 1.88 bits per heavy atom. The van der Waals surface area contributed by atoms with Crippen LogP contribution >= 0.6 is 11.6 Å². The number of nitrogens with two attached hydrogens (primary N) is 2. The number of unbranched alkanes of at least 4 members (excludes halogenated alkanes) is 1. The van der Waals surface area contributed by atoms with E-state index in [4.69, 9.17) is 41.8 Å². The lowest BCUT2D eigenvalue weighted by molar-refractivity contribution is -0.131. The zero-order valence-electron chi connectivity index (χ0n) is 48.8. The molecule has 25 heteroatoms. The number of oxime groups is 2. The number of carbonyl (C=O) groups is 4. The summed E-state index contributed by atoms with van der Waals surface area (Å²) < 4.78 is 24.0. The Kier molecular flexibility index (Phi) is 32.9. The molecule has 24 nitrogen and oxygen atoms in total. The second-order valence-corrected chi connectivity index (χ2v) is 21.2. The van der Waals surface area contributed by atoms with Gasteiger partial charge in [0, 0.05) is 56.6 Å². The van der Waals surface area contributed by atoms with Crippen molar-refractivity contribution in [3.05, 3.63) is 75.9 Å². The van der Waals surface area contributed by atoms with Gasteiger partial charge in [-0.05, 0) is 116 Å². The van der Waals surface area contributed by atoms with Crippen molar-refractivity contribution >= 4 is 52.5 Å². The number of aromatic nitrogens is 2. The highest BCUT2D eigenvalue weighted by Crippen LogP contribution is 2.31. The van der Waals surface area contributed by atoms with Crippen molar-refractivity contribution in [2.45, 2.75) is 143 Å². The number of hydrogen-bond donors (Lipinski definition) is 10. The van der Waals surface area contributed by atoms with E-state index in [-0.39, 0.29) is 81.1 Å². The zero-order chi connectivity index (χ0) is 59.5. The summed E-state index contributed by atoms with van der Waals surface area (Å²) >= 11 is 6.65. The molecule has 0 saturated heterocycles. The van der Waals surface area contributed by atoms with E-state index in [1.807, 2.05) is 52.0 Å². The summed E-state index contributed by atoms with van der Waals surface area (Å²) in [6.07, 6.45) is 13.1. The second kappa shape index (κ2) is 38.5. The Balaban J connectivity index is 1.20. The Bertz CT molecular complexity index is 2390. The molecule has 0 saturated carbocycles. The highest BCUT2D eigenvalue weighted by atomic mass is 35.5. The number of allylic oxidation sites excluding steroid dienone is 4. The number of nitrogens with zero attached hydrogens (tertiary/aromatic N) is 6. The molecule has 0 fully saturated rings. The standard InChI is InChI=1S/C56H91ClN14O10/c1-8-9-15-48-66-53(57)47(71(48)37-43-18-20-44(21-19-43)45-13-10-11-14-46(45)54(58)67-70-59)36-63-52(75)39-81-38-51(74)62-29-31-79-33-35-80-34-32-78-30-28-61-50(73)17-12-16-49(72)60-25-22-42(23-26-64-55(4,5)40(2)68-76)24-27-65-56(6,7)41(3)69-77/h10-11,13-14,18-20,42,44,64-65,76-77H,8-9,12,15-17,21-39H2,1-7H3,(H,60,72)(H,61,73)(H,62,74)(H,63,75)(H3,58,59,67)/p+1/b68-40-,69-41-. The molecule has 452 valence electrons. The van der Waals surface area contributed by atoms with Crippen molar-refractivity contribution < 1.29 is 53.9 Å². The number of amides is 4. The maximum Gasteiger partial charge on any atom is 0.351 e. The largest absolute Gasteiger partial charge is 0.411 e. The first-order valence-electron chi connectivity index (χ1n) is 28.0. The first-order chi connectivity index (χ1) is 38.8. The Labute approximate surface area is 482 Å². The van der Waals surface area contributed by atoms with Gasteiger partial charge in [-0.3, -0.25) is 30.4 Å². The van der Waals surface area contributed by atoms with Gasteiger partial charge < -0.3 is 65.8 Å². The molecule has 1 atom stereocenters. The minimum Gasteiger partial charge on any atom is -0.411 e. The van der Waals surface area contributed by atoms with Gasteiger partial charge >= 0.3 is 5.84 Å². The fourth-order valence-electron chi connectivity index (χ4n) is 8.46. The molecule has 12 N–H and O–H groups in total. The van der Waals surface area contributed by atoms with Crippen LogP contribution in [-0.2, 0) is 57.6 Å². The summed E-state index contributed by atoms with van der Waals surface area (Å²) in [5, 5.41) is 57.0. The van der Waals surface area contributed by atoms with Gasteiger partial charge in [0.1, 0.15) is 19.0 Å². The maximum absolute atomic E-state index is 12.8. The lowest BCUT2D eigenvalue weighted by atomic mass is 9.87. The van der Waals surface area contributed by atoms with Crippen molar-refractivity contribution in [1.82, 2.24) is 41.5 Å². The molecule has 1 aromatic carbocycles. The summed E-state index contributed by atoms with van der Waals surface area (Å²) in [6, 6.07) is 7.77. The van der Waals surface area contributed by atoms with Crippen molar-refractivity contribution in [2.24, 2.45) is 32.4 Å². The zero-order valence-corrected chi connectivity index (χ0v) is 49.5. The fourth-order valence-corrected chi connectivity index (χ4v) is 8.72. The summed E-state index contributed by atoms with van der Waals surface area (Å²) in [4.78, 5) is 54.7. The molecule has 3 rings (SSSR count). The van der Waals surface area contributed by atoms with Crippen molar-refractivity contribution in [3.63, 3.8) is 0 Å². The van der Waals surface area contributed by atoms with Gasteiger partial charge in [0.2, 0.25) is 23.6 Å². The average Bonchev–Trinajstić information content (AvgIpc) is 3.74. The Morgan fingerprint density at radius 1 is 0.778 bits per heavy atom. The van der Waals surface area contributed by atoms with Crippen LogP contribution in [-0.4, -0.2) is 158 Å². The summed E-state index contributed by atoms with van der Waals surface area (Å²) in [5.74, 6) is 5.63. The van der Waals surface area contributed by atoms with Crippen LogP contribution in [0.2, 0.25) is 5.15 Å².